The van der Waals surface area contributed by atoms with Crippen LogP contribution in [0.2, 0.25) is 0 Å². The fourth-order valence-corrected chi connectivity index (χ4v) is 1.33. The molecule has 12 heavy (non-hydrogen) atoms. The minimum atomic E-state index is -0.728. The van der Waals surface area contributed by atoms with E-state index in [1.165, 1.54) is 0 Å². The Morgan fingerprint density at radius 3 is 3.08 bits per heavy atom. The molecular formula is C8H15NO3. The molecule has 0 saturated carbocycles. The first kappa shape index (κ1) is 9.48. The molecule has 0 aliphatic carbocycles. The molecule has 0 radical (unpaired) electrons. The summed E-state index contributed by atoms with van der Waals surface area (Å²) in [5, 5.41) is 8.47. The van der Waals surface area contributed by atoms with Crippen molar-refractivity contribution in [1.82, 2.24) is 4.90 Å². The Morgan fingerprint density at radius 1 is 1.75 bits per heavy atom. The van der Waals surface area contributed by atoms with Crippen molar-refractivity contribution in [1.29, 1.82) is 0 Å². The molecule has 0 aromatic carbocycles. The van der Waals surface area contributed by atoms with Crippen molar-refractivity contribution in [3.05, 3.63) is 0 Å². The minimum absolute atomic E-state index is 0.234. The molecule has 0 aromatic rings. The van der Waals surface area contributed by atoms with Gasteiger partial charge in [0.1, 0.15) is 0 Å². The van der Waals surface area contributed by atoms with Crippen LogP contribution in [0.25, 0.3) is 0 Å². The lowest BCUT2D eigenvalue weighted by Crippen LogP contribution is -2.42. The predicted molar refractivity (Wildman–Crippen MR) is 44.1 cm³/mol. The fraction of sp³-hybridized carbons (Fsp3) is 0.875. The molecule has 4 heteroatoms. The number of carboxylic acids is 1. The van der Waals surface area contributed by atoms with Gasteiger partial charge in [0, 0.05) is 19.0 Å². The van der Waals surface area contributed by atoms with Gasteiger partial charge in [0.05, 0.1) is 13.2 Å². The number of carbonyl (C=O) groups is 1. The maximum atomic E-state index is 10.3. The van der Waals surface area contributed by atoms with Gasteiger partial charge in [-0.2, -0.15) is 0 Å². The number of aliphatic carboxylic acids is 1. The van der Waals surface area contributed by atoms with Gasteiger partial charge in [-0.1, -0.05) is 0 Å². The quantitative estimate of drug-likeness (QED) is 0.661. The molecule has 0 amide bonds. The number of nitrogens with zero attached hydrogens (tertiary/aromatic N) is 1. The summed E-state index contributed by atoms with van der Waals surface area (Å²) in [5.41, 5.74) is 0. The molecular weight excluding hydrogens is 158 g/mol. The molecule has 1 aliphatic rings. The first-order valence-corrected chi connectivity index (χ1v) is 4.20. The summed E-state index contributed by atoms with van der Waals surface area (Å²) in [6.45, 7) is 2.34. The summed E-state index contributed by atoms with van der Waals surface area (Å²) in [6.07, 6.45) is 0.921. The van der Waals surface area contributed by atoms with E-state index in [1.54, 1.807) is 0 Å². The minimum Gasteiger partial charge on any atom is -0.481 e. The van der Waals surface area contributed by atoms with E-state index in [0.717, 1.165) is 13.2 Å². The molecule has 1 aliphatic heterocycles. The first-order chi connectivity index (χ1) is 5.70. The molecule has 1 atom stereocenters. The lowest BCUT2D eigenvalue weighted by molar-refractivity contribution is -0.137. The number of morpholine rings is 1. The van der Waals surface area contributed by atoms with Gasteiger partial charge < -0.3 is 9.84 Å². The number of hydrogen-bond acceptors (Lipinski definition) is 3. The van der Waals surface area contributed by atoms with Crippen LogP contribution >= 0.6 is 0 Å². The summed E-state index contributed by atoms with van der Waals surface area (Å²) in [5.74, 6) is -0.728. The number of likely N-dealkylation sites (N-methyl/N-ethyl adjacent to an activating group) is 1. The average Bonchev–Trinajstić information content (AvgIpc) is 2.03. The smallest absolute Gasteiger partial charge is 0.303 e. The first-order valence-electron chi connectivity index (χ1n) is 4.20. The van der Waals surface area contributed by atoms with E-state index >= 15 is 0 Å². The van der Waals surface area contributed by atoms with E-state index < -0.39 is 5.97 Å². The molecule has 1 fully saturated rings. The molecule has 1 rings (SSSR count). The second-order valence-corrected chi connectivity index (χ2v) is 3.14. The van der Waals surface area contributed by atoms with Gasteiger partial charge in [0.25, 0.3) is 0 Å². The van der Waals surface area contributed by atoms with Crippen molar-refractivity contribution in [2.75, 3.05) is 26.8 Å². The second kappa shape index (κ2) is 4.42. The molecule has 0 aromatic heterocycles. The van der Waals surface area contributed by atoms with Gasteiger partial charge in [-0.15, -0.1) is 0 Å². The molecule has 0 spiro atoms. The number of ether oxygens (including phenoxy) is 1. The third-order valence-corrected chi connectivity index (χ3v) is 2.21. The Bertz CT molecular complexity index is 160. The van der Waals surface area contributed by atoms with E-state index in [2.05, 4.69) is 4.90 Å². The van der Waals surface area contributed by atoms with Gasteiger partial charge in [0.15, 0.2) is 0 Å². The highest BCUT2D eigenvalue weighted by atomic mass is 16.5. The van der Waals surface area contributed by atoms with E-state index in [9.17, 15) is 4.79 Å². The standard InChI is InChI=1S/C8H15NO3/c1-9-4-5-12-6-7(9)2-3-8(10)11/h7H,2-6H2,1H3,(H,10,11)/t7-/m1/s1. The van der Waals surface area contributed by atoms with Crippen LogP contribution in [0.4, 0.5) is 0 Å². The largest absolute Gasteiger partial charge is 0.481 e. The van der Waals surface area contributed by atoms with Crippen molar-refractivity contribution in [3.8, 4) is 0 Å². The summed E-state index contributed by atoms with van der Waals surface area (Å²) in [7, 11) is 2.01. The summed E-state index contributed by atoms with van der Waals surface area (Å²) in [6, 6.07) is 0.287. The van der Waals surface area contributed by atoms with Crippen LogP contribution < -0.4 is 0 Å². The molecule has 1 heterocycles. The Morgan fingerprint density at radius 2 is 2.50 bits per heavy atom. The lowest BCUT2D eigenvalue weighted by Gasteiger charge is -2.31. The third-order valence-electron chi connectivity index (χ3n) is 2.21. The van der Waals surface area contributed by atoms with Crippen molar-refractivity contribution < 1.29 is 14.6 Å². The van der Waals surface area contributed by atoms with Gasteiger partial charge in [-0.25, -0.2) is 0 Å². The van der Waals surface area contributed by atoms with Crippen molar-refractivity contribution in [3.63, 3.8) is 0 Å². The van der Waals surface area contributed by atoms with Crippen LogP contribution in [-0.2, 0) is 9.53 Å². The summed E-state index contributed by atoms with van der Waals surface area (Å²) in [4.78, 5) is 12.4. The van der Waals surface area contributed by atoms with E-state index in [0.29, 0.717) is 13.0 Å². The third kappa shape index (κ3) is 2.79. The van der Waals surface area contributed by atoms with Crippen LogP contribution in [-0.4, -0.2) is 48.8 Å². The van der Waals surface area contributed by atoms with E-state index in [-0.39, 0.29) is 12.5 Å². The van der Waals surface area contributed by atoms with E-state index in [4.69, 9.17) is 9.84 Å². The van der Waals surface area contributed by atoms with Gasteiger partial charge >= 0.3 is 5.97 Å². The molecule has 70 valence electrons. The van der Waals surface area contributed by atoms with Crippen LogP contribution in [0.3, 0.4) is 0 Å². The molecule has 0 unspecified atom stereocenters. The zero-order valence-electron chi connectivity index (χ0n) is 7.32. The Balaban J connectivity index is 2.24. The zero-order valence-corrected chi connectivity index (χ0v) is 7.32. The molecule has 1 N–H and O–H groups in total. The highest BCUT2D eigenvalue weighted by molar-refractivity contribution is 5.66. The maximum absolute atomic E-state index is 10.3. The van der Waals surface area contributed by atoms with Crippen LogP contribution in [0.5, 0.6) is 0 Å². The maximum Gasteiger partial charge on any atom is 0.303 e. The van der Waals surface area contributed by atoms with Gasteiger partial charge in [-0.05, 0) is 13.5 Å². The van der Waals surface area contributed by atoms with E-state index in [1.807, 2.05) is 7.05 Å². The topological polar surface area (TPSA) is 49.8 Å². The average molecular weight is 173 g/mol. The Labute approximate surface area is 72.1 Å². The normalized spacial score (nSPS) is 25.6. The summed E-state index contributed by atoms with van der Waals surface area (Å²) >= 11 is 0. The molecule has 4 nitrogen and oxygen atoms in total. The molecule has 1 saturated heterocycles. The number of rotatable bonds is 3. The lowest BCUT2D eigenvalue weighted by atomic mass is 10.1. The van der Waals surface area contributed by atoms with Crippen LogP contribution in [0.1, 0.15) is 12.8 Å². The zero-order chi connectivity index (χ0) is 8.97. The van der Waals surface area contributed by atoms with Crippen LogP contribution in [0.15, 0.2) is 0 Å². The Hall–Kier alpha value is -0.610. The number of carboxylic acid groups (broad SMARTS) is 1. The Kier molecular flexibility index (Phi) is 3.49. The highest BCUT2D eigenvalue weighted by Crippen LogP contribution is 2.09. The van der Waals surface area contributed by atoms with Gasteiger partial charge in [-0.3, -0.25) is 9.69 Å². The monoisotopic (exact) mass is 173 g/mol. The molecule has 0 bridgehead atoms. The fourth-order valence-electron chi connectivity index (χ4n) is 1.33. The number of hydrogen-bond donors (Lipinski definition) is 1. The van der Waals surface area contributed by atoms with Crippen LogP contribution in [0, 0.1) is 0 Å². The van der Waals surface area contributed by atoms with Crippen molar-refractivity contribution >= 4 is 5.97 Å². The second-order valence-electron chi connectivity index (χ2n) is 3.14. The SMILES string of the molecule is CN1CCOC[C@H]1CCC(=O)O. The van der Waals surface area contributed by atoms with Crippen molar-refractivity contribution in [2.45, 2.75) is 18.9 Å². The van der Waals surface area contributed by atoms with Gasteiger partial charge in [0.2, 0.25) is 0 Å². The van der Waals surface area contributed by atoms with Crippen molar-refractivity contribution in [2.24, 2.45) is 0 Å². The highest BCUT2D eigenvalue weighted by Gasteiger charge is 2.19. The predicted octanol–water partition coefficient (Wildman–Crippen LogP) is 0.182. The summed E-state index contributed by atoms with van der Waals surface area (Å²) < 4.78 is 5.25.